The molecule has 1 aromatic carbocycles. The number of hydrogen-bond acceptors (Lipinski definition) is 4. The molecule has 0 bridgehead atoms. The molecule has 2 rings (SSSR count). The van der Waals surface area contributed by atoms with Gasteiger partial charge >= 0.3 is 5.97 Å². The van der Waals surface area contributed by atoms with Crippen LogP contribution in [0.1, 0.15) is 5.56 Å². The predicted molar refractivity (Wildman–Crippen MR) is 63.4 cm³/mol. The molecule has 1 N–H and O–H groups in total. The van der Waals surface area contributed by atoms with Crippen LogP contribution < -0.4 is 5.32 Å². The Balaban J connectivity index is 1.88. The summed E-state index contributed by atoms with van der Waals surface area (Å²) in [7, 11) is 1.41. The van der Waals surface area contributed by atoms with Crippen LogP contribution >= 0.6 is 0 Å². The van der Waals surface area contributed by atoms with Crippen molar-refractivity contribution in [3.8, 4) is 0 Å². The fraction of sp³-hybridized carbons (Fsp3) is 0.462. The first-order valence-electron chi connectivity index (χ1n) is 5.74. The highest BCUT2D eigenvalue weighted by molar-refractivity contribution is 5.73. The summed E-state index contributed by atoms with van der Waals surface area (Å²) in [6, 6.07) is 10.1. The van der Waals surface area contributed by atoms with Gasteiger partial charge in [0.25, 0.3) is 0 Å². The van der Waals surface area contributed by atoms with Gasteiger partial charge in [-0.05, 0) is 5.56 Å². The second-order valence-electron chi connectivity index (χ2n) is 4.14. The quantitative estimate of drug-likeness (QED) is 0.790. The van der Waals surface area contributed by atoms with E-state index in [1.807, 2.05) is 18.2 Å². The molecule has 0 saturated carbocycles. The third-order valence-corrected chi connectivity index (χ3v) is 3.00. The zero-order valence-corrected chi connectivity index (χ0v) is 9.89. The Hall–Kier alpha value is -1.39. The van der Waals surface area contributed by atoms with Gasteiger partial charge in [0.05, 0.1) is 26.2 Å². The van der Waals surface area contributed by atoms with E-state index < -0.39 is 0 Å². The number of rotatable bonds is 4. The summed E-state index contributed by atoms with van der Waals surface area (Å²) in [5.41, 5.74) is 1.20. The molecule has 1 saturated heterocycles. The Labute approximate surface area is 101 Å². The molecule has 1 fully saturated rings. The van der Waals surface area contributed by atoms with Crippen molar-refractivity contribution in [2.75, 3.05) is 20.3 Å². The number of nitrogens with one attached hydrogen (secondary N) is 1. The molecule has 0 amide bonds. The lowest BCUT2D eigenvalue weighted by Crippen LogP contribution is -2.39. The van der Waals surface area contributed by atoms with Crippen molar-refractivity contribution >= 4 is 5.97 Å². The number of carbonyl (C=O) groups is 1. The largest absolute Gasteiger partial charge is 0.469 e. The lowest BCUT2D eigenvalue weighted by Gasteiger charge is -2.17. The summed E-state index contributed by atoms with van der Waals surface area (Å²) in [6.07, 6.45) is 0. The van der Waals surface area contributed by atoms with Gasteiger partial charge in [-0.1, -0.05) is 30.3 Å². The minimum Gasteiger partial charge on any atom is -0.469 e. The summed E-state index contributed by atoms with van der Waals surface area (Å²) in [5, 5.41) is 3.34. The van der Waals surface area contributed by atoms with E-state index in [0.29, 0.717) is 13.2 Å². The highest BCUT2D eigenvalue weighted by atomic mass is 16.5. The van der Waals surface area contributed by atoms with Crippen molar-refractivity contribution in [2.24, 2.45) is 5.92 Å². The van der Waals surface area contributed by atoms with Crippen molar-refractivity contribution in [3.63, 3.8) is 0 Å². The lowest BCUT2D eigenvalue weighted by molar-refractivity contribution is -0.145. The van der Waals surface area contributed by atoms with Crippen LogP contribution in [0.2, 0.25) is 0 Å². The normalized spacial score (nSPS) is 23.6. The van der Waals surface area contributed by atoms with E-state index in [4.69, 9.17) is 9.47 Å². The number of methoxy groups -OCH3 is 1. The number of esters is 1. The van der Waals surface area contributed by atoms with Gasteiger partial charge in [-0.25, -0.2) is 0 Å². The van der Waals surface area contributed by atoms with E-state index >= 15 is 0 Å². The molecule has 1 aromatic rings. The highest BCUT2D eigenvalue weighted by Crippen LogP contribution is 2.15. The molecule has 1 aliphatic rings. The molecule has 0 aromatic heterocycles. The van der Waals surface area contributed by atoms with Crippen LogP contribution in [0.15, 0.2) is 30.3 Å². The van der Waals surface area contributed by atoms with E-state index in [2.05, 4.69) is 17.4 Å². The van der Waals surface area contributed by atoms with Gasteiger partial charge in [0.15, 0.2) is 0 Å². The van der Waals surface area contributed by atoms with Crippen LogP contribution in [0, 0.1) is 5.92 Å². The Bertz CT molecular complexity index is 366. The smallest absolute Gasteiger partial charge is 0.312 e. The van der Waals surface area contributed by atoms with Gasteiger partial charge < -0.3 is 14.8 Å². The first kappa shape index (κ1) is 12.1. The molecule has 92 valence electrons. The first-order valence-corrected chi connectivity index (χ1v) is 5.74. The molecular formula is C13H17NO3. The van der Waals surface area contributed by atoms with Gasteiger partial charge in [0, 0.05) is 12.6 Å². The molecule has 1 heterocycles. The molecule has 0 radical (unpaired) electrons. The van der Waals surface area contributed by atoms with Crippen LogP contribution in [0.3, 0.4) is 0 Å². The summed E-state index contributed by atoms with van der Waals surface area (Å²) >= 11 is 0. The van der Waals surface area contributed by atoms with Gasteiger partial charge in [-0.15, -0.1) is 0 Å². The molecule has 4 heteroatoms. The summed E-state index contributed by atoms with van der Waals surface area (Å²) < 4.78 is 10.1. The van der Waals surface area contributed by atoms with E-state index in [1.54, 1.807) is 0 Å². The standard InChI is InChI=1S/C13H17NO3/c1-16-13(15)11-8-17-9-12(11)14-7-10-5-3-2-4-6-10/h2-6,11-12,14H,7-9H2,1H3. The van der Waals surface area contributed by atoms with Gasteiger partial charge in [-0.2, -0.15) is 0 Å². The molecular weight excluding hydrogens is 218 g/mol. The topological polar surface area (TPSA) is 47.6 Å². The molecule has 0 spiro atoms. The Morgan fingerprint density at radius 2 is 2.18 bits per heavy atom. The predicted octanol–water partition coefficient (Wildman–Crippen LogP) is 0.964. The van der Waals surface area contributed by atoms with Gasteiger partial charge in [-0.3, -0.25) is 4.79 Å². The maximum Gasteiger partial charge on any atom is 0.312 e. The van der Waals surface area contributed by atoms with Crippen LogP contribution in [0.25, 0.3) is 0 Å². The average molecular weight is 235 g/mol. The maximum atomic E-state index is 11.5. The number of ether oxygens (including phenoxy) is 2. The molecule has 2 atom stereocenters. The maximum absolute atomic E-state index is 11.5. The fourth-order valence-electron chi connectivity index (χ4n) is 1.98. The summed E-state index contributed by atoms with van der Waals surface area (Å²) in [5.74, 6) is -0.392. The third-order valence-electron chi connectivity index (χ3n) is 3.00. The molecule has 2 unspecified atom stereocenters. The van der Waals surface area contributed by atoms with Crippen LogP contribution in [-0.4, -0.2) is 32.3 Å². The molecule has 0 aliphatic carbocycles. The Kier molecular flexibility index (Phi) is 4.12. The number of benzene rings is 1. The number of carbonyl (C=O) groups excluding carboxylic acids is 1. The van der Waals surface area contributed by atoms with Crippen molar-refractivity contribution in [3.05, 3.63) is 35.9 Å². The zero-order valence-electron chi connectivity index (χ0n) is 9.89. The monoisotopic (exact) mass is 235 g/mol. The third kappa shape index (κ3) is 3.05. The molecule has 17 heavy (non-hydrogen) atoms. The lowest BCUT2D eigenvalue weighted by atomic mass is 10.0. The van der Waals surface area contributed by atoms with Crippen molar-refractivity contribution in [1.82, 2.24) is 5.32 Å². The van der Waals surface area contributed by atoms with Crippen LogP contribution in [0.5, 0.6) is 0 Å². The van der Waals surface area contributed by atoms with Crippen LogP contribution in [-0.2, 0) is 20.8 Å². The Morgan fingerprint density at radius 1 is 1.41 bits per heavy atom. The second-order valence-corrected chi connectivity index (χ2v) is 4.14. The van der Waals surface area contributed by atoms with E-state index in [-0.39, 0.29) is 17.9 Å². The molecule has 4 nitrogen and oxygen atoms in total. The first-order chi connectivity index (χ1) is 8.31. The minimum atomic E-state index is -0.201. The van der Waals surface area contributed by atoms with Crippen LogP contribution in [0.4, 0.5) is 0 Å². The Morgan fingerprint density at radius 3 is 2.88 bits per heavy atom. The summed E-state index contributed by atoms with van der Waals surface area (Å²) in [4.78, 5) is 11.5. The summed E-state index contributed by atoms with van der Waals surface area (Å²) in [6.45, 7) is 1.74. The average Bonchev–Trinajstić information content (AvgIpc) is 2.85. The number of hydrogen-bond donors (Lipinski definition) is 1. The minimum absolute atomic E-state index is 0.0441. The second kappa shape index (κ2) is 5.80. The van der Waals surface area contributed by atoms with Crippen molar-refractivity contribution < 1.29 is 14.3 Å². The zero-order chi connectivity index (χ0) is 12.1. The van der Waals surface area contributed by atoms with E-state index in [1.165, 1.54) is 12.7 Å². The fourth-order valence-corrected chi connectivity index (χ4v) is 1.98. The van der Waals surface area contributed by atoms with E-state index in [0.717, 1.165) is 6.54 Å². The van der Waals surface area contributed by atoms with Gasteiger partial charge in [0.2, 0.25) is 0 Å². The van der Waals surface area contributed by atoms with Crippen molar-refractivity contribution in [1.29, 1.82) is 0 Å². The van der Waals surface area contributed by atoms with E-state index in [9.17, 15) is 4.79 Å². The van der Waals surface area contributed by atoms with Crippen molar-refractivity contribution in [2.45, 2.75) is 12.6 Å². The van der Waals surface area contributed by atoms with Gasteiger partial charge in [0.1, 0.15) is 0 Å². The SMILES string of the molecule is COC(=O)C1COCC1NCc1ccccc1. The molecule has 1 aliphatic heterocycles. The highest BCUT2D eigenvalue weighted by Gasteiger charge is 2.34.